The highest BCUT2D eigenvalue weighted by atomic mass is 35.5. The van der Waals surface area contributed by atoms with Crippen molar-refractivity contribution in [1.82, 2.24) is 20.2 Å². The van der Waals surface area contributed by atoms with Crippen LogP contribution in [0.1, 0.15) is 18.5 Å². The van der Waals surface area contributed by atoms with Crippen LogP contribution < -0.4 is 10.6 Å². The molecule has 2 heterocycles. The summed E-state index contributed by atoms with van der Waals surface area (Å²) >= 11 is 5.91. The molecule has 0 radical (unpaired) electrons. The van der Waals surface area contributed by atoms with Gasteiger partial charge >= 0.3 is 0 Å². The lowest BCUT2D eigenvalue weighted by Crippen LogP contribution is -2.31. The number of nitrogens with zero attached hydrogens (tertiary/aromatic N) is 4. The Morgan fingerprint density at radius 1 is 1.15 bits per heavy atom. The van der Waals surface area contributed by atoms with Gasteiger partial charge in [-0.3, -0.25) is 4.79 Å². The quantitative estimate of drug-likeness (QED) is 0.743. The number of nitrogens with one attached hydrogen (secondary N) is 2. The summed E-state index contributed by atoms with van der Waals surface area (Å²) in [5, 5.41) is 18.4. The first-order chi connectivity index (χ1) is 12.6. The van der Waals surface area contributed by atoms with Gasteiger partial charge in [0, 0.05) is 16.4 Å². The molecule has 8 heteroatoms. The van der Waals surface area contributed by atoms with Crippen LogP contribution in [0.25, 0.3) is 0 Å². The fourth-order valence-electron chi connectivity index (χ4n) is 2.98. The Balaban J connectivity index is 1.74. The van der Waals surface area contributed by atoms with Gasteiger partial charge in [-0.25, -0.2) is 0 Å². The zero-order valence-corrected chi connectivity index (χ0v) is 14.6. The maximum Gasteiger partial charge on any atom is 0.255 e. The third kappa shape index (κ3) is 2.93. The number of hydrogen-bond donors (Lipinski definition) is 2. The number of fused-ring (bicyclic) bond motifs is 1. The predicted octanol–water partition coefficient (Wildman–Crippen LogP) is 3.25. The van der Waals surface area contributed by atoms with Gasteiger partial charge in [0.2, 0.25) is 5.95 Å². The summed E-state index contributed by atoms with van der Waals surface area (Å²) in [5.41, 5.74) is 2.83. The monoisotopic (exact) mass is 366 g/mol. The van der Waals surface area contributed by atoms with E-state index in [9.17, 15) is 4.79 Å². The summed E-state index contributed by atoms with van der Waals surface area (Å²) < 4.78 is 1.61. The van der Waals surface area contributed by atoms with E-state index in [1.807, 2.05) is 37.3 Å². The highest BCUT2D eigenvalue weighted by molar-refractivity contribution is 6.30. The van der Waals surface area contributed by atoms with Crippen molar-refractivity contribution in [2.24, 2.45) is 0 Å². The van der Waals surface area contributed by atoms with Crippen molar-refractivity contribution in [3.63, 3.8) is 0 Å². The van der Waals surface area contributed by atoms with Crippen molar-refractivity contribution in [2.45, 2.75) is 13.0 Å². The molecule has 0 fully saturated rings. The third-order valence-corrected chi connectivity index (χ3v) is 4.43. The smallest absolute Gasteiger partial charge is 0.255 e. The molecular formula is C18H15ClN6O. The average Bonchev–Trinajstić information content (AvgIpc) is 3.11. The van der Waals surface area contributed by atoms with Gasteiger partial charge in [-0.05, 0) is 47.2 Å². The number of allylic oxidation sites excluding steroid dienone is 1. The van der Waals surface area contributed by atoms with Gasteiger partial charge in [-0.2, -0.15) is 4.68 Å². The molecule has 1 aliphatic rings. The van der Waals surface area contributed by atoms with Crippen molar-refractivity contribution in [3.8, 4) is 0 Å². The Hall–Kier alpha value is -3.19. The maximum absolute atomic E-state index is 13.1. The van der Waals surface area contributed by atoms with Gasteiger partial charge in [0.1, 0.15) is 6.04 Å². The van der Waals surface area contributed by atoms with Crippen LogP contribution in [-0.2, 0) is 4.79 Å². The average molecular weight is 367 g/mol. The number of benzene rings is 2. The third-order valence-electron chi connectivity index (χ3n) is 4.18. The van der Waals surface area contributed by atoms with Crippen molar-refractivity contribution in [2.75, 3.05) is 10.6 Å². The molecule has 2 N–H and O–H groups in total. The highest BCUT2D eigenvalue weighted by Crippen LogP contribution is 2.34. The Bertz CT molecular complexity index is 980. The van der Waals surface area contributed by atoms with Crippen LogP contribution in [0, 0.1) is 0 Å². The van der Waals surface area contributed by atoms with Crippen LogP contribution in [0.15, 0.2) is 65.9 Å². The maximum atomic E-state index is 13.1. The van der Waals surface area contributed by atoms with Gasteiger partial charge in [0.25, 0.3) is 5.91 Å². The lowest BCUT2D eigenvalue weighted by atomic mass is 9.95. The van der Waals surface area contributed by atoms with Gasteiger partial charge in [0.15, 0.2) is 0 Å². The van der Waals surface area contributed by atoms with E-state index in [-0.39, 0.29) is 5.91 Å². The first-order valence-corrected chi connectivity index (χ1v) is 8.39. The number of aromatic nitrogens is 4. The highest BCUT2D eigenvalue weighted by Gasteiger charge is 2.33. The zero-order chi connectivity index (χ0) is 18.1. The summed E-state index contributed by atoms with van der Waals surface area (Å²) in [7, 11) is 0. The SMILES string of the molecule is CC1=C(C(=O)Nc2ccc(Cl)cc2)[C@H](c2ccccc2)n2nnnc2N1. The minimum Gasteiger partial charge on any atom is -0.326 e. The number of hydrogen-bond acceptors (Lipinski definition) is 5. The van der Waals surface area contributed by atoms with E-state index in [1.54, 1.807) is 28.9 Å². The zero-order valence-electron chi connectivity index (χ0n) is 13.8. The largest absolute Gasteiger partial charge is 0.326 e. The normalized spacial score (nSPS) is 16.0. The molecule has 0 spiro atoms. The number of tetrazole rings is 1. The molecule has 1 aromatic heterocycles. The van der Waals surface area contributed by atoms with E-state index in [0.717, 1.165) is 5.56 Å². The van der Waals surface area contributed by atoms with Gasteiger partial charge in [-0.1, -0.05) is 47.0 Å². The van der Waals surface area contributed by atoms with Gasteiger partial charge in [-0.15, -0.1) is 0 Å². The Labute approximate surface area is 154 Å². The minimum atomic E-state index is -0.422. The molecule has 2 aromatic carbocycles. The molecule has 0 bridgehead atoms. The molecule has 1 atom stereocenters. The van der Waals surface area contributed by atoms with E-state index < -0.39 is 6.04 Å². The molecule has 1 amide bonds. The van der Waals surface area contributed by atoms with Crippen LogP contribution in [0.2, 0.25) is 5.02 Å². The van der Waals surface area contributed by atoms with Gasteiger partial charge < -0.3 is 10.6 Å². The second kappa shape index (κ2) is 6.61. The number of anilines is 2. The van der Waals surface area contributed by atoms with Crippen LogP contribution >= 0.6 is 11.6 Å². The first kappa shape index (κ1) is 16.3. The molecule has 3 aromatic rings. The van der Waals surface area contributed by atoms with Crippen molar-refractivity contribution in [3.05, 3.63) is 76.5 Å². The van der Waals surface area contributed by atoms with Gasteiger partial charge in [0.05, 0.1) is 5.57 Å². The number of amides is 1. The Morgan fingerprint density at radius 2 is 1.88 bits per heavy atom. The Kier molecular flexibility index (Phi) is 4.14. The van der Waals surface area contributed by atoms with Crippen molar-refractivity contribution < 1.29 is 4.79 Å². The molecule has 26 heavy (non-hydrogen) atoms. The molecule has 130 valence electrons. The Morgan fingerprint density at radius 3 is 2.62 bits per heavy atom. The lowest BCUT2D eigenvalue weighted by molar-refractivity contribution is -0.113. The minimum absolute atomic E-state index is 0.229. The van der Waals surface area contributed by atoms with E-state index in [2.05, 4.69) is 26.2 Å². The molecule has 0 saturated carbocycles. The number of carbonyl (C=O) groups excluding carboxylic acids is 1. The molecule has 1 aliphatic heterocycles. The summed E-state index contributed by atoms with van der Waals surface area (Å²) in [6.45, 7) is 1.84. The van der Waals surface area contributed by atoms with Crippen LogP contribution in [-0.4, -0.2) is 26.1 Å². The van der Waals surface area contributed by atoms with Crippen LogP contribution in [0.4, 0.5) is 11.6 Å². The number of carbonyl (C=O) groups is 1. The van der Waals surface area contributed by atoms with E-state index in [4.69, 9.17) is 11.6 Å². The second-order valence-corrected chi connectivity index (χ2v) is 6.32. The summed E-state index contributed by atoms with van der Waals surface area (Å²) in [6, 6.07) is 16.2. The summed E-state index contributed by atoms with van der Waals surface area (Å²) in [6.07, 6.45) is 0. The van der Waals surface area contributed by atoms with Crippen molar-refractivity contribution in [1.29, 1.82) is 0 Å². The van der Waals surface area contributed by atoms with E-state index in [0.29, 0.717) is 27.9 Å². The molecule has 7 nitrogen and oxygen atoms in total. The summed E-state index contributed by atoms with van der Waals surface area (Å²) in [5.74, 6) is 0.270. The predicted molar refractivity (Wildman–Crippen MR) is 98.8 cm³/mol. The number of halogens is 1. The van der Waals surface area contributed by atoms with E-state index >= 15 is 0 Å². The molecule has 4 rings (SSSR count). The fraction of sp³-hybridized carbons (Fsp3) is 0.111. The standard InChI is InChI=1S/C18H15ClN6O/c1-11-15(17(26)21-14-9-7-13(19)8-10-14)16(12-5-3-2-4-6-12)25-18(20-11)22-23-24-25/h2-10,16H,1H3,(H,21,26)(H,20,22,24)/t16-/m0/s1. The van der Waals surface area contributed by atoms with Crippen LogP contribution in [0.5, 0.6) is 0 Å². The van der Waals surface area contributed by atoms with E-state index in [1.165, 1.54) is 0 Å². The fourth-order valence-corrected chi connectivity index (χ4v) is 3.11. The first-order valence-electron chi connectivity index (χ1n) is 8.01. The molecule has 0 aliphatic carbocycles. The lowest BCUT2D eigenvalue weighted by Gasteiger charge is -2.27. The topological polar surface area (TPSA) is 84.7 Å². The molecular weight excluding hydrogens is 352 g/mol. The number of rotatable bonds is 3. The summed E-state index contributed by atoms with van der Waals surface area (Å²) in [4.78, 5) is 13.1. The molecule has 0 saturated heterocycles. The van der Waals surface area contributed by atoms with Crippen LogP contribution in [0.3, 0.4) is 0 Å². The van der Waals surface area contributed by atoms with Crippen molar-refractivity contribution >= 4 is 29.1 Å². The second-order valence-electron chi connectivity index (χ2n) is 5.88. The molecule has 0 unspecified atom stereocenters.